The number of aromatic nitrogens is 2. The molecule has 0 atom stereocenters. The summed E-state index contributed by atoms with van der Waals surface area (Å²) in [6, 6.07) is 5.66. The highest BCUT2D eigenvalue weighted by atomic mass is 79.9. The van der Waals surface area contributed by atoms with Crippen molar-refractivity contribution < 1.29 is 9.47 Å². The van der Waals surface area contributed by atoms with E-state index in [0.29, 0.717) is 25.0 Å². The topological polar surface area (TPSA) is 94.3 Å². The number of rotatable bonds is 3. The first-order chi connectivity index (χ1) is 10.3. The normalized spacial score (nSPS) is 13.4. The van der Waals surface area contributed by atoms with Gasteiger partial charge in [-0.1, -0.05) is 0 Å². The summed E-state index contributed by atoms with van der Waals surface area (Å²) in [5.74, 6) is 7.72. The van der Waals surface area contributed by atoms with Crippen molar-refractivity contribution in [3.8, 4) is 11.5 Å². The van der Waals surface area contributed by atoms with Gasteiger partial charge < -0.3 is 14.8 Å². The van der Waals surface area contributed by atoms with Crippen molar-refractivity contribution >= 4 is 33.4 Å². The first-order valence-electron chi connectivity index (χ1n) is 6.42. The summed E-state index contributed by atoms with van der Waals surface area (Å²) < 4.78 is 12.0. The van der Waals surface area contributed by atoms with E-state index in [-0.39, 0.29) is 0 Å². The van der Waals surface area contributed by atoms with Gasteiger partial charge >= 0.3 is 0 Å². The molecule has 1 aliphatic rings. The Morgan fingerprint density at radius 2 is 2.00 bits per heavy atom. The highest BCUT2D eigenvalue weighted by Gasteiger charge is 2.12. The summed E-state index contributed by atoms with van der Waals surface area (Å²) in [6.45, 7) is 1.32. The molecule has 2 heterocycles. The Labute approximate surface area is 130 Å². The zero-order valence-corrected chi connectivity index (χ0v) is 12.7. The average Bonchev–Trinajstić information content (AvgIpc) is 2.74. The maximum atomic E-state index is 5.66. The number of nitrogens with two attached hydrogens (primary N) is 1. The number of hydrogen-bond acceptors (Lipinski definition) is 7. The monoisotopic (exact) mass is 351 g/mol. The number of nitrogen functional groups attached to an aromatic ring is 1. The van der Waals surface area contributed by atoms with E-state index in [2.05, 4.69) is 36.6 Å². The molecule has 4 N–H and O–H groups in total. The van der Waals surface area contributed by atoms with Gasteiger partial charge in [0.25, 0.3) is 0 Å². The summed E-state index contributed by atoms with van der Waals surface area (Å²) in [7, 11) is 0. The molecule has 1 aromatic carbocycles. The molecule has 0 saturated heterocycles. The Morgan fingerprint density at radius 1 is 1.19 bits per heavy atom. The van der Waals surface area contributed by atoms with Crippen LogP contribution in [0.5, 0.6) is 11.5 Å². The van der Waals surface area contributed by atoms with Gasteiger partial charge in [-0.25, -0.2) is 10.8 Å². The molecule has 0 bridgehead atoms. The molecular formula is C13H14BrN5O2. The second-order valence-corrected chi connectivity index (χ2v) is 5.23. The summed E-state index contributed by atoms with van der Waals surface area (Å²) in [5, 5.41) is 3.19. The average molecular weight is 352 g/mol. The van der Waals surface area contributed by atoms with Crippen LogP contribution < -0.4 is 26.1 Å². The largest absolute Gasteiger partial charge is 0.490 e. The van der Waals surface area contributed by atoms with Gasteiger partial charge in [0, 0.05) is 24.4 Å². The van der Waals surface area contributed by atoms with Crippen LogP contribution >= 0.6 is 15.9 Å². The molecule has 8 heteroatoms. The highest BCUT2D eigenvalue weighted by molar-refractivity contribution is 9.10. The molecule has 0 saturated carbocycles. The molecule has 110 valence electrons. The van der Waals surface area contributed by atoms with E-state index in [0.717, 1.165) is 28.1 Å². The fourth-order valence-corrected chi connectivity index (χ4v) is 2.19. The molecule has 0 fully saturated rings. The third kappa shape index (κ3) is 3.17. The first kappa shape index (κ1) is 13.9. The Balaban J connectivity index is 1.86. The highest BCUT2D eigenvalue weighted by Crippen LogP contribution is 2.34. The van der Waals surface area contributed by atoms with Crippen LogP contribution in [0.15, 0.2) is 28.9 Å². The smallest absolute Gasteiger partial charge is 0.239 e. The molecule has 1 aliphatic heterocycles. The second-order valence-electron chi connectivity index (χ2n) is 4.37. The molecule has 0 spiro atoms. The maximum absolute atomic E-state index is 5.66. The van der Waals surface area contributed by atoms with Gasteiger partial charge in [0.15, 0.2) is 11.5 Å². The number of nitrogens with one attached hydrogen (secondary N) is 2. The van der Waals surface area contributed by atoms with Crippen molar-refractivity contribution in [2.75, 3.05) is 24.0 Å². The van der Waals surface area contributed by atoms with E-state index < -0.39 is 0 Å². The van der Waals surface area contributed by atoms with Gasteiger partial charge in [0.2, 0.25) is 5.95 Å². The zero-order chi connectivity index (χ0) is 14.7. The van der Waals surface area contributed by atoms with E-state index in [4.69, 9.17) is 15.3 Å². The number of benzene rings is 1. The van der Waals surface area contributed by atoms with Gasteiger partial charge in [0.05, 0.1) is 17.7 Å². The van der Waals surface area contributed by atoms with Gasteiger partial charge in [-0.2, -0.15) is 4.98 Å². The second kappa shape index (κ2) is 6.15. The molecule has 0 unspecified atom stereocenters. The summed E-state index contributed by atoms with van der Waals surface area (Å²) in [5.41, 5.74) is 3.25. The van der Waals surface area contributed by atoms with Gasteiger partial charge in [-0.3, -0.25) is 5.43 Å². The number of anilines is 3. The predicted molar refractivity (Wildman–Crippen MR) is 82.9 cm³/mol. The van der Waals surface area contributed by atoms with Crippen molar-refractivity contribution in [2.45, 2.75) is 6.42 Å². The summed E-state index contributed by atoms with van der Waals surface area (Å²) >= 11 is 3.39. The van der Waals surface area contributed by atoms with Crippen LogP contribution in [-0.4, -0.2) is 23.2 Å². The molecule has 21 heavy (non-hydrogen) atoms. The number of nitrogens with zero attached hydrogens (tertiary/aromatic N) is 2. The molecule has 0 aliphatic carbocycles. The predicted octanol–water partition coefficient (Wildman–Crippen LogP) is 2.43. The van der Waals surface area contributed by atoms with Gasteiger partial charge in [0.1, 0.15) is 5.82 Å². The van der Waals surface area contributed by atoms with Crippen molar-refractivity contribution in [1.82, 2.24) is 9.97 Å². The maximum Gasteiger partial charge on any atom is 0.239 e. The number of hydrazine groups is 1. The van der Waals surface area contributed by atoms with Crippen molar-refractivity contribution in [3.63, 3.8) is 0 Å². The van der Waals surface area contributed by atoms with E-state index in [1.807, 2.05) is 18.2 Å². The Bertz CT molecular complexity index is 652. The lowest BCUT2D eigenvalue weighted by Gasteiger charge is -2.12. The van der Waals surface area contributed by atoms with E-state index in [9.17, 15) is 0 Å². The van der Waals surface area contributed by atoms with E-state index >= 15 is 0 Å². The lowest BCUT2D eigenvalue weighted by Crippen LogP contribution is -2.11. The van der Waals surface area contributed by atoms with E-state index in [1.165, 1.54) is 0 Å². The van der Waals surface area contributed by atoms with Gasteiger partial charge in [-0.05, 0) is 28.1 Å². The molecule has 7 nitrogen and oxygen atoms in total. The van der Waals surface area contributed by atoms with Gasteiger partial charge in [-0.15, -0.1) is 0 Å². The minimum Gasteiger partial charge on any atom is -0.490 e. The number of ether oxygens (including phenoxy) is 2. The SMILES string of the molecule is NNc1ncc(Br)c(Nc2ccc3c(c2)OCCCO3)n1. The van der Waals surface area contributed by atoms with Crippen molar-refractivity contribution in [2.24, 2.45) is 5.84 Å². The van der Waals surface area contributed by atoms with Crippen LogP contribution in [0.3, 0.4) is 0 Å². The fourth-order valence-electron chi connectivity index (χ4n) is 1.90. The standard InChI is InChI=1S/C13H14BrN5O2/c14-9-7-16-13(19-15)18-12(9)17-8-2-3-10-11(6-8)21-5-1-4-20-10/h2-3,6-7H,1,4-5,15H2,(H2,16,17,18,19). The number of hydrogen-bond donors (Lipinski definition) is 3. The van der Waals surface area contributed by atoms with Crippen LogP contribution in [0.25, 0.3) is 0 Å². The number of fused-ring (bicyclic) bond motifs is 1. The lowest BCUT2D eigenvalue weighted by atomic mass is 10.2. The molecule has 0 amide bonds. The first-order valence-corrected chi connectivity index (χ1v) is 7.21. The van der Waals surface area contributed by atoms with Crippen molar-refractivity contribution in [3.05, 3.63) is 28.9 Å². The lowest BCUT2D eigenvalue weighted by molar-refractivity contribution is 0.297. The van der Waals surface area contributed by atoms with Crippen LogP contribution in [0.2, 0.25) is 0 Å². The quantitative estimate of drug-likeness (QED) is 0.577. The Kier molecular flexibility index (Phi) is 4.07. The van der Waals surface area contributed by atoms with Crippen LogP contribution in [-0.2, 0) is 0 Å². The zero-order valence-electron chi connectivity index (χ0n) is 11.1. The fraction of sp³-hybridized carbons (Fsp3) is 0.231. The number of halogens is 1. The third-order valence-electron chi connectivity index (χ3n) is 2.88. The molecular weight excluding hydrogens is 338 g/mol. The summed E-state index contributed by atoms with van der Waals surface area (Å²) in [6.07, 6.45) is 2.49. The van der Waals surface area contributed by atoms with Crippen LogP contribution in [0.1, 0.15) is 6.42 Å². The van der Waals surface area contributed by atoms with Crippen LogP contribution in [0.4, 0.5) is 17.5 Å². The van der Waals surface area contributed by atoms with E-state index in [1.54, 1.807) is 6.20 Å². The summed E-state index contributed by atoms with van der Waals surface area (Å²) in [4.78, 5) is 8.24. The van der Waals surface area contributed by atoms with Crippen molar-refractivity contribution in [1.29, 1.82) is 0 Å². The minimum atomic E-state index is 0.329. The molecule has 1 aromatic heterocycles. The molecule has 3 rings (SSSR count). The Morgan fingerprint density at radius 3 is 2.81 bits per heavy atom. The molecule has 0 radical (unpaired) electrons. The molecule has 2 aromatic rings. The third-order valence-corrected chi connectivity index (χ3v) is 3.46. The van der Waals surface area contributed by atoms with Crippen LogP contribution in [0, 0.1) is 0 Å². The Hall–Kier alpha value is -2.06. The minimum absolute atomic E-state index is 0.329.